The smallest absolute Gasteiger partial charge is 0.326 e. The lowest BCUT2D eigenvalue weighted by molar-refractivity contribution is -0.144. The van der Waals surface area contributed by atoms with E-state index in [1.807, 2.05) is 0 Å². The number of aromatic hydroxyl groups is 1. The third-order valence-corrected chi connectivity index (χ3v) is 14.2. The van der Waals surface area contributed by atoms with Crippen LogP contribution in [-0.4, -0.2) is 171 Å². The molecule has 0 saturated heterocycles. The van der Waals surface area contributed by atoms with Gasteiger partial charge in [0.1, 0.15) is 60.1 Å². The summed E-state index contributed by atoms with van der Waals surface area (Å²) < 4.78 is 0. The number of phenols is 1. The molecule has 0 radical (unpaired) electrons. The summed E-state index contributed by atoms with van der Waals surface area (Å²) >= 11 is 0. The van der Waals surface area contributed by atoms with E-state index < -0.39 is 168 Å². The first-order chi connectivity index (χ1) is 40.3. The summed E-state index contributed by atoms with van der Waals surface area (Å²) in [5.41, 5.74) is 23.2. The zero-order valence-electron chi connectivity index (χ0n) is 50.4. The molecular weight excluding hydrogens is 1130 g/mol. The minimum atomic E-state index is -1.87. The Morgan fingerprint density at radius 1 is 0.453 bits per heavy atom. The highest BCUT2D eigenvalue weighted by atomic mass is 16.4. The Balaban J connectivity index is 3.71. The molecule has 0 aliphatic carbocycles. The lowest BCUT2D eigenvalue weighted by Crippen LogP contribution is -2.62. The number of hydrogen-bond acceptors (Lipinski definition) is 17. The number of carboxylic acids is 3. The first kappa shape index (κ1) is 76.0. The van der Waals surface area contributed by atoms with Crippen LogP contribution in [0, 0.1) is 23.7 Å². The average Bonchev–Trinajstić information content (AvgIpc) is 2.62. The van der Waals surface area contributed by atoms with Gasteiger partial charge in [0.2, 0.25) is 59.1 Å². The standard InChI is InChI=1S/C56H93N13O17/c1-9-30(7)45(69-52(81)40(27-43(74)75)65-48(77)36(23-28(3)4)66-53(82)44(60)29(5)6)54(83)61-34(15-11-13-21-57)47(76)64-38(25-41(59)71)49(78)63-37(24-32-17-19-33(70)20-18-32)51(80)68-46(31(8)10-2)55(84)67-39(26-42(72)73)50(79)62-35(56(85)86)16-12-14-22-58/h17-20,28-31,34-40,44-46,70H,9-16,21-27,57-58,60H2,1-8H3,(H2,59,71)(H,61,83)(H,62,79)(H,63,78)(H,64,76)(H,65,77)(H,66,82)(H,67,84)(H,68,80)(H,69,81)(H,72,73)(H,74,75)(H,85,86)/t30-,31-,34-,35-,36-,37-,38-,39-,40-,44-,45-,46-/m0/s1. The molecule has 86 heavy (non-hydrogen) atoms. The molecule has 0 aromatic heterocycles. The van der Waals surface area contributed by atoms with E-state index in [9.17, 15) is 82.8 Å². The number of amides is 10. The molecule has 0 unspecified atom stereocenters. The molecule has 1 aromatic carbocycles. The van der Waals surface area contributed by atoms with E-state index in [0.29, 0.717) is 24.8 Å². The average molecular weight is 1220 g/mol. The van der Waals surface area contributed by atoms with Gasteiger partial charge in [-0.3, -0.25) is 57.5 Å². The molecule has 0 aliphatic heterocycles. The van der Waals surface area contributed by atoms with Gasteiger partial charge in [-0.15, -0.1) is 0 Å². The van der Waals surface area contributed by atoms with Crippen molar-refractivity contribution in [1.82, 2.24) is 47.9 Å². The van der Waals surface area contributed by atoms with Gasteiger partial charge in [-0.25, -0.2) is 4.79 Å². The number of carbonyl (C=O) groups excluding carboxylic acids is 10. The van der Waals surface area contributed by atoms with E-state index in [4.69, 9.17) is 22.9 Å². The second kappa shape index (κ2) is 38.9. The van der Waals surface area contributed by atoms with Gasteiger partial charge in [0.15, 0.2) is 0 Å². The van der Waals surface area contributed by atoms with E-state index in [-0.39, 0.29) is 75.6 Å². The monoisotopic (exact) mass is 1220 g/mol. The first-order valence-corrected chi connectivity index (χ1v) is 28.9. The maximum Gasteiger partial charge on any atom is 0.326 e. The Morgan fingerprint density at radius 3 is 1.22 bits per heavy atom. The number of aliphatic carboxylic acids is 3. The summed E-state index contributed by atoms with van der Waals surface area (Å²) in [6.07, 6.45) is -1.66. The fraction of sp³-hybridized carbons (Fsp3) is 0.661. The predicted molar refractivity (Wildman–Crippen MR) is 312 cm³/mol. The van der Waals surface area contributed by atoms with Gasteiger partial charge >= 0.3 is 17.9 Å². The van der Waals surface area contributed by atoms with Crippen molar-refractivity contribution in [3.05, 3.63) is 29.8 Å². The van der Waals surface area contributed by atoms with E-state index >= 15 is 0 Å². The number of benzene rings is 1. The van der Waals surface area contributed by atoms with Crippen molar-refractivity contribution < 1.29 is 82.8 Å². The van der Waals surface area contributed by atoms with Gasteiger partial charge in [-0.2, -0.15) is 0 Å². The summed E-state index contributed by atoms with van der Waals surface area (Å²) in [5, 5.41) is 61.2. The Hall–Kier alpha value is -7.99. The number of carboxylic acid groups (broad SMARTS) is 3. The molecule has 30 heteroatoms. The fourth-order valence-electron chi connectivity index (χ4n) is 8.56. The van der Waals surface area contributed by atoms with Crippen molar-refractivity contribution >= 4 is 77.0 Å². The highest BCUT2D eigenvalue weighted by Gasteiger charge is 2.38. The number of unbranched alkanes of at least 4 members (excludes halogenated alkanes) is 2. The number of nitrogens with two attached hydrogens (primary N) is 4. The minimum Gasteiger partial charge on any atom is -0.508 e. The molecule has 0 heterocycles. The topological polar surface area (TPSA) is 515 Å². The number of hydrogen-bond donors (Lipinski definition) is 17. The fourth-order valence-corrected chi connectivity index (χ4v) is 8.56. The lowest BCUT2D eigenvalue weighted by Gasteiger charge is -2.30. The van der Waals surface area contributed by atoms with E-state index in [1.54, 1.807) is 48.5 Å². The van der Waals surface area contributed by atoms with Crippen LogP contribution in [0.15, 0.2) is 24.3 Å². The molecular formula is C56H93N13O17. The van der Waals surface area contributed by atoms with Crippen LogP contribution in [0.1, 0.15) is 138 Å². The van der Waals surface area contributed by atoms with Crippen molar-refractivity contribution in [1.29, 1.82) is 0 Å². The SMILES string of the molecule is CC[C@H](C)[C@H](NC(=O)[C@H](Cc1ccc(O)cc1)NC(=O)[C@H](CC(N)=O)NC(=O)[C@H](CCCCN)NC(=O)[C@@H](NC(=O)[C@H](CC(=O)O)NC(=O)[C@H](CC(C)C)NC(=O)[C@@H](N)C(C)C)[C@@H](C)CC)C(=O)N[C@@H](CC(=O)O)C(=O)N[C@@H](CCCCN)C(=O)O. The number of rotatable bonds is 42. The molecule has 0 saturated carbocycles. The number of phenolic OH excluding ortho intramolecular Hbond substituents is 1. The van der Waals surface area contributed by atoms with Crippen LogP contribution in [0.3, 0.4) is 0 Å². The quantitative estimate of drug-likeness (QED) is 0.0303. The third-order valence-electron chi connectivity index (χ3n) is 14.2. The molecule has 0 fully saturated rings. The van der Waals surface area contributed by atoms with Gasteiger partial charge in [0.25, 0.3) is 0 Å². The van der Waals surface area contributed by atoms with Crippen molar-refractivity contribution in [2.45, 2.75) is 199 Å². The van der Waals surface area contributed by atoms with E-state index in [2.05, 4.69) is 47.9 Å². The van der Waals surface area contributed by atoms with Crippen molar-refractivity contribution in [2.75, 3.05) is 13.1 Å². The molecule has 21 N–H and O–H groups in total. The zero-order chi connectivity index (χ0) is 65.5. The van der Waals surface area contributed by atoms with E-state index in [0.717, 1.165) is 0 Å². The second-order valence-corrected chi connectivity index (χ2v) is 22.2. The second-order valence-electron chi connectivity index (χ2n) is 22.2. The number of carbonyl (C=O) groups is 13. The Morgan fingerprint density at radius 2 is 0.814 bits per heavy atom. The Bertz CT molecular complexity index is 2460. The first-order valence-electron chi connectivity index (χ1n) is 28.9. The molecule has 10 amide bonds. The van der Waals surface area contributed by atoms with Crippen LogP contribution in [0.2, 0.25) is 0 Å². The third kappa shape index (κ3) is 27.8. The van der Waals surface area contributed by atoms with Crippen molar-refractivity contribution in [2.24, 2.45) is 46.6 Å². The highest BCUT2D eigenvalue weighted by molar-refractivity contribution is 6.00. The summed E-state index contributed by atoms with van der Waals surface area (Å²) in [6, 6.07) is -10.1. The lowest BCUT2D eigenvalue weighted by atomic mass is 9.96. The van der Waals surface area contributed by atoms with E-state index in [1.165, 1.54) is 31.2 Å². The summed E-state index contributed by atoms with van der Waals surface area (Å²) in [4.78, 5) is 174. The minimum absolute atomic E-state index is 0.0636. The Kier molecular flexibility index (Phi) is 34.3. The highest BCUT2D eigenvalue weighted by Crippen LogP contribution is 2.17. The van der Waals surface area contributed by atoms with Gasteiger partial charge in [0, 0.05) is 6.42 Å². The van der Waals surface area contributed by atoms with Crippen molar-refractivity contribution in [3.8, 4) is 5.75 Å². The molecule has 1 rings (SSSR count). The van der Waals surface area contributed by atoms with Gasteiger partial charge in [0.05, 0.1) is 25.3 Å². The van der Waals surface area contributed by atoms with Gasteiger partial charge in [-0.1, -0.05) is 80.4 Å². The van der Waals surface area contributed by atoms with Crippen LogP contribution < -0.4 is 70.8 Å². The maximum absolute atomic E-state index is 14.4. The molecule has 0 spiro atoms. The van der Waals surface area contributed by atoms with Crippen LogP contribution >= 0.6 is 0 Å². The summed E-state index contributed by atoms with van der Waals surface area (Å²) in [6.45, 7) is 13.8. The molecule has 0 bridgehead atoms. The van der Waals surface area contributed by atoms with Crippen LogP contribution in [0.25, 0.3) is 0 Å². The largest absolute Gasteiger partial charge is 0.508 e. The summed E-state index contributed by atoms with van der Waals surface area (Å²) in [5.74, 6) is -16.8. The molecule has 0 aliphatic rings. The van der Waals surface area contributed by atoms with Crippen molar-refractivity contribution in [3.63, 3.8) is 0 Å². The Labute approximate surface area is 500 Å². The zero-order valence-corrected chi connectivity index (χ0v) is 50.4. The number of nitrogens with one attached hydrogen (secondary N) is 9. The normalized spacial score (nSPS) is 15.4. The van der Waals surface area contributed by atoms with Gasteiger partial charge in [-0.05, 0) is 99.4 Å². The van der Waals surface area contributed by atoms with Gasteiger partial charge < -0.3 is 91.2 Å². The summed E-state index contributed by atoms with van der Waals surface area (Å²) in [7, 11) is 0. The maximum atomic E-state index is 14.4. The molecule has 1 aromatic rings. The van der Waals surface area contributed by atoms with Crippen LogP contribution in [0.5, 0.6) is 5.75 Å². The van der Waals surface area contributed by atoms with Crippen LogP contribution in [0.4, 0.5) is 0 Å². The molecule has 484 valence electrons. The molecule has 30 nitrogen and oxygen atoms in total. The molecule has 12 atom stereocenters. The number of primary amides is 1. The van der Waals surface area contributed by atoms with Crippen LogP contribution in [-0.2, 0) is 68.7 Å². The predicted octanol–water partition coefficient (Wildman–Crippen LogP) is -2.41.